The van der Waals surface area contributed by atoms with Crippen molar-refractivity contribution in [1.82, 2.24) is 20.2 Å². The second kappa shape index (κ2) is 6.65. The Hall–Kier alpha value is -2.20. The van der Waals surface area contributed by atoms with E-state index in [0.717, 1.165) is 34.7 Å². The number of halogens is 1. The van der Waals surface area contributed by atoms with Gasteiger partial charge in [-0.25, -0.2) is 12.9 Å². The lowest BCUT2D eigenvalue weighted by atomic mass is 9.39. The smallest absolute Gasteiger partial charge is 0.255 e. The van der Waals surface area contributed by atoms with E-state index in [2.05, 4.69) is 31.7 Å². The topological polar surface area (TPSA) is 110 Å². The molecule has 2 aromatic rings. The normalized spacial score (nSPS) is 28.8. The minimum atomic E-state index is -3.26. The van der Waals surface area contributed by atoms with Crippen LogP contribution in [-0.4, -0.2) is 47.7 Å². The van der Waals surface area contributed by atoms with Crippen molar-refractivity contribution in [2.75, 3.05) is 12.3 Å². The molecule has 0 aromatic carbocycles. The molecule has 30 heavy (non-hydrogen) atoms. The van der Waals surface area contributed by atoms with Crippen LogP contribution in [0.5, 0.6) is 0 Å². The van der Waals surface area contributed by atoms with Crippen LogP contribution in [0.1, 0.15) is 42.5 Å². The van der Waals surface area contributed by atoms with Gasteiger partial charge in [0, 0.05) is 33.7 Å². The van der Waals surface area contributed by atoms with Gasteiger partial charge >= 0.3 is 0 Å². The molecule has 4 aliphatic rings. The summed E-state index contributed by atoms with van der Waals surface area (Å²) >= 11 is 3.41. The average molecular weight is 493 g/mol. The van der Waals surface area contributed by atoms with Crippen LogP contribution < -0.4 is 10.6 Å². The van der Waals surface area contributed by atoms with Crippen molar-refractivity contribution in [1.29, 1.82) is 0 Å². The van der Waals surface area contributed by atoms with Crippen LogP contribution in [0.15, 0.2) is 40.0 Å². The van der Waals surface area contributed by atoms with Crippen LogP contribution in [0.2, 0.25) is 0 Å². The number of rotatable bonds is 5. The summed E-state index contributed by atoms with van der Waals surface area (Å²) in [7, 11) is -3.26. The van der Waals surface area contributed by atoms with Crippen molar-refractivity contribution >= 4 is 43.1 Å². The lowest BCUT2D eigenvalue weighted by Crippen LogP contribution is -2.77. The first-order valence-electron chi connectivity index (χ1n) is 9.85. The first-order valence-corrected chi connectivity index (χ1v) is 12.4. The van der Waals surface area contributed by atoms with Crippen molar-refractivity contribution in [3.8, 4) is 0 Å². The molecule has 2 bridgehead atoms. The van der Waals surface area contributed by atoms with Crippen LogP contribution in [0.3, 0.4) is 0 Å². The molecular formula is C20H21BrN4O4S. The maximum atomic E-state index is 12.6. The van der Waals surface area contributed by atoms with Gasteiger partial charge in [-0.1, -0.05) is 15.9 Å². The van der Waals surface area contributed by atoms with Crippen LogP contribution >= 0.6 is 15.9 Å². The zero-order valence-electron chi connectivity index (χ0n) is 16.2. The number of hydrogen-bond acceptors (Lipinski definition) is 5. The molecule has 0 radical (unpaired) electrons. The Kier molecular flexibility index (Phi) is 4.38. The quantitative estimate of drug-likeness (QED) is 0.662. The average Bonchev–Trinajstić information content (AvgIpc) is 3.04. The molecule has 3 aliphatic carbocycles. The van der Waals surface area contributed by atoms with Gasteiger partial charge in [0.25, 0.3) is 5.91 Å². The molecule has 8 nitrogen and oxygen atoms in total. The number of pyridine rings is 1. The predicted molar refractivity (Wildman–Crippen MR) is 113 cm³/mol. The van der Waals surface area contributed by atoms with Gasteiger partial charge in [-0.2, -0.15) is 5.10 Å². The molecule has 2 amide bonds. The lowest BCUT2D eigenvalue weighted by molar-refractivity contribution is -0.160. The van der Waals surface area contributed by atoms with E-state index in [4.69, 9.17) is 0 Å². The largest absolute Gasteiger partial charge is 0.351 e. The SMILES string of the molecule is O=C(NC12CC(CNC(=O)c3cnn4ccc(Br)cc34)(C1)C2)C1=CS(=O)(=O)CCC1. The summed E-state index contributed by atoms with van der Waals surface area (Å²) in [6.45, 7) is 0.547. The van der Waals surface area contributed by atoms with Gasteiger partial charge < -0.3 is 10.6 Å². The van der Waals surface area contributed by atoms with Gasteiger partial charge in [0.15, 0.2) is 9.84 Å². The number of aromatic nitrogens is 2. The van der Waals surface area contributed by atoms with Gasteiger partial charge in [-0.3, -0.25) is 9.59 Å². The van der Waals surface area contributed by atoms with Crippen LogP contribution in [0, 0.1) is 5.41 Å². The van der Waals surface area contributed by atoms with Gasteiger partial charge in [-0.05, 0) is 49.7 Å². The van der Waals surface area contributed by atoms with Crippen molar-refractivity contribution < 1.29 is 18.0 Å². The predicted octanol–water partition coefficient (Wildman–Crippen LogP) is 1.96. The summed E-state index contributed by atoms with van der Waals surface area (Å²) < 4.78 is 26.0. The maximum absolute atomic E-state index is 12.6. The summed E-state index contributed by atoms with van der Waals surface area (Å²) in [5, 5.41) is 11.4. The van der Waals surface area contributed by atoms with E-state index in [0.29, 0.717) is 30.5 Å². The molecule has 2 N–H and O–H groups in total. The number of hydrogen-bond donors (Lipinski definition) is 2. The monoisotopic (exact) mass is 492 g/mol. The Balaban J connectivity index is 1.17. The number of nitrogens with zero attached hydrogens (tertiary/aromatic N) is 2. The van der Waals surface area contributed by atoms with E-state index in [1.54, 1.807) is 16.9 Å². The van der Waals surface area contributed by atoms with E-state index >= 15 is 0 Å². The van der Waals surface area contributed by atoms with E-state index in [1.807, 2.05) is 12.1 Å². The number of sulfone groups is 1. The van der Waals surface area contributed by atoms with E-state index in [1.165, 1.54) is 0 Å². The fourth-order valence-electron chi connectivity index (χ4n) is 5.10. The first kappa shape index (κ1) is 19.7. The third-order valence-corrected chi connectivity index (χ3v) is 8.35. The van der Waals surface area contributed by atoms with Crippen LogP contribution in [0.4, 0.5) is 0 Å². The summed E-state index contributed by atoms with van der Waals surface area (Å²) in [6.07, 6.45) is 6.73. The number of fused-ring (bicyclic) bond motifs is 1. The summed E-state index contributed by atoms with van der Waals surface area (Å²) in [6, 6.07) is 3.71. The highest BCUT2D eigenvalue weighted by Crippen LogP contribution is 2.66. The molecule has 10 heteroatoms. The van der Waals surface area contributed by atoms with Crippen LogP contribution in [0.25, 0.3) is 5.52 Å². The maximum Gasteiger partial charge on any atom is 0.255 e. The van der Waals surface area contributed by atoms with Crippen molar-refractivity contribution in [3.05, 3.63) is 45.5 Å². The van der Waals surface area contributed by atoms with E-state index in [-0.39, 0.29) is 28.5 Å². The summed E-state index contributed by atoms with van der Waals surface area (Å²) in [5.41, 5.74) is 1.38. The molecule has 1 aliphatic heterocycles. The third kappa shape index (κ3) is 3.35. The summed E-state index contributed by atoms with van der Waals surface area (Å²) in [4.78, 5) is 25.1. The van der Waals surface area contributed by atoms with Gasteiger partial charge in [0.05, 0.1) is 23.0 Å². The highest BCUT2D eigenvalue weighted by atomic mass is 79.9. The Labute approximate surface area is 182 Å². The third-order valence-electron chi connectivity index (χ3n) is 6.36. The molecule has 0 unspecified atom stereocenters. The zero-order chi connectivity index (χ0) is 21.1. The van der Waals surface area contributed by atoms with Crippen LogP contribution in [-0.2, 0) is 14.6 Å². The molecule has 3 heterocycles. The van der Waals surface area contributed by atoms with E-state index < -0.39 is 9.84 Å². The minimum absolute atomic E-state index is 0.0134. The molecule has 0 saturated heterocycles. The summed E-state index contributed by atoms with van der Waals surface area (Å²) in [5.74, 6) is -0.322. The first-order chi connectivity index (χ1) is 14.2. The van der Waals surface area contributed by atoms with Gasteiger partial charge in [0.1, 0.15) is 0 Å². The van der Waals surface area contributed by atoms with Crippen molar-refractivity contribution in [3.63, 3.8) is 0 Å². The zero-order valence-corrected chi connectivity index (χ0v) is 18.6. The lowest BCUT2D eigenvalue weighted by Gasteiger charge is -2.70. The molecule has 6 rings (SSSR count). The van der Waals surface area contributed by atoms with Crippen molar-refractivity contribution in [2.24, 2.45) is 5.41 Å². The number of nitrogens with one attached hydrogen (secondary N) is 2. The number of carbonyl (C=O) groups excluding carboxylic acids is 2. The molecule has 3 fully saturated rings. The van der Waals surface area contributed by atoms with Crippen molar-refractivity contribution in [2.45, 2.75) is 37.6 Å². The minimum Gasteiger partial charge on any atom is -0.351 e. The van der Waals surface area contributed by atoms with Gasteiger partial charge in [0.2, 0.25) is 5.91 Å². The second-order valence-corrected chi connectivity index (χ2v) is 11.7. The molecule has 158 valence electrons. The highest BCUT2D eigenvalue weighted by molar-refractivity contribution is 9.10. The molecule has 0 atom stereocenters. The number of carbonyl (C=O) groups is 2. The number of amides is 2. The Morgan fingerprint density at radius 2 is 2.00 bits per heavy atom. The van der Waals surface area contributed by atoms with E-state index in [9.17, 15) is 18.0 Å². The Morgan fingerprint density at radius 3 is 2.73 bits per heavy atom. The molecule has 2 aromatic heterocycles. The highest BCUT2D eigenvalue weighted by Gasteiger charge is 2.68. The Morgan fingerprint density at radius 1 is 1.23 bits per heavy atom. The second-order valence-electron chi connectivity index (χ2n) is 8.79. The molecule has 0 spiro atoms. The standard InChI is InChI=1S/C20H21BrN4O4S/c21-14-3-4-25-16(6-14)15(7-23-25)18(27)22-12-19-9-20(10-19,11-19)24-17(26)13-2-1-5-30(28,29)8-13/h3-4,6-8H,1-2,5,9-12H2,(H,22,27)(H,24,26). The fourth-order valence-corrected chi connectivity index (χ4v) is 6.76. The molecular weight excluding hydrogens is 472 g/mol. The van der Waals surface area contributed by atoms with Gasteiger partial charge in [-0.15, -0.1) is 0 Å². The molecule has 3 saturated carbocycles. The fraction of sp³-hybridized carbons (Fsp3) is 0.450. The Bertz CT molecular complexity index is 1200.